The molecule has 0 spiro atoms. The highest BCUT2D eigenvalue weighted by Gasteiger charge is 2.17. The molecule has 0 aromatic heterocycles. The minimum atomic E-state index is -1.19. The van der Waals surface area contributed by atoms with Gasteiger partial charge in [-0.15, -0.1) is 0 Å². The van der Waals surface area contributed by atoms with Crippen molar-refractivity contribution < 1.29 is 28.3 Å². The summed E-state index contributed by atoms with van der Waals surface area (Å²) in [5.41, 5.74) is 1.80. The van der Waals surface area contributed by atoms with Crippen molar-refractivity contribution in [2.45, 2.75) is 6.92 Å². The second kappa shape index (κ2) is 10.1. The highest BCUT2D eigenvalue weighted by molar-refractivity contribution is 6.35. The van der Waals surface area contributed by atoms with Gasteiger partial charge < -0.3 is 21.1 Å². The standard InChI is InChI=1S/C23H18ClF2N3O4/c1-12-2-4-14(29-23(33)27-11-21(30)31)9-17(12)22(32)16-6-5-15(10-18(16)24)28-20-7-3-13(25)8-19(20)26/h2-10,28H,11H2,1H3,(H,30,31)(H2,27,29,33). The molecule has 0 heterocycles. The number of amides is 2. The van der Waals surface area contributed by atoms with Crippen molar-refractivity contribution in [3.8, 4) is 0 Å². The van der Waals surface area contributed by atoms with Crippen LogP contribution in [0.2, 0.25) is 5.02 Å². The van der Waals surface area contributed by atoms with E-state index < -0.39 is 36.0 Å². The molecule has 7 nitrogen and oxygen atoms in total. The number of nitrogens with one attached hydrogen (secondary N) is 3. The SMILES string of the molecule is Cc1ccc(NC(=O)NCC(=O)O)cc1C(=O)c1ccc(Nc2ccc(F)cc2F)cc1Cl. The topological polar surface area (TPSA) is 108 Å². The lowest BCUT2D eigenvalue weighted by atomic mass is 9.98. The summed E-state index contributed by atoms with van der Waals surface area (Å²) in [5.74, 6) is -3.09. The third kappa shape index (κ3) is 6.05. The lowest BCUT2D eigenvalue weighted by Crippen LogP contribution is -2.33. The minimum absolute atomic E-state index is 0.0438. The van der Waals surface area contributed by atoms with Crippen LogP contribution in [0.3, 0.4) is 0 Å². The van der Waals surface area contributed by atoms with Crippen molar-refractivity contribution >= 4 is 46.4 Å². The van der Waals surface area contributed by atoms with E-state index >= 15 is 0 Å². The van der Waals surface area contributed by atoms with Crippen molar-refractivity contribution in [1.29, 1.82) is 0 Å². The van der Waals surface area contributed by atoms with Gasteiger partial charge in [0.1, 0.15) is 18.2 Å². The monoisotopic (exact) mass is 473 g/mol. The molecule has 3 aromatic carbocycles. The molecular weight excluding hydrogens is 456 g/mol. The normalized spacial score (nSPS) is 10.4. The number of aryl methyl sites for hydroxylation is 1. The second-order valence-electron chi connectivity index (χ2n) is 7.00. The van der Waals surface area contributed by atoms with Gasteiger partial charge in [0.05, 0.1) is 10.7 Å². The Hall–Kier alpha value is -3.98. The van der Waals surface area contributed by atoms with E-state index in [1.165, 1.54) is 30.3 Å². The van der Waals surface area contributed by atoms with E-state index in [4.69, 9.17) is 16.7 Å². The van der Waals surface area contributed by atoms with E-state index in [2.05, 4.69) is 16.0 Å². The van der Waals surface area contributed by atoms with Gasteiger partial charge in [0.2, 0.25) is 0 Å². The molecule has 0 saturated heterocycles. The number of carbonyl (C=O) groups is 3. The van der Waals surface area contributed by atoms with E-state index in [-0.39, 0.29) is 27.5 Å². The highest BCUT2D eigenvalue weighted by atomic mass is 35.5. The molecule has 0 unspecified atom stereocenters. The summed E-state index contributed by atoms with van der Waals surface area (Å²) in [6.45, 7) is 1.16. The smallest absolute Gasteiger partial charge is 0.323 e. The molecule has 0 fully saturated rings. The number of hydrogen-bond acceptors (Lipinski definition) is 4. The zero-order chi connectivity index (χ0) is 24.1. The number of aliphatic carboxylic acids is 1. The van der Waals surface area contributed by atoms with E-state index in [9.17, 15) is 23.2 Å². The predicted octanol–water partition coefficient (Wildman–Crippen LogP) is 5.11. The Morgan fingerprint density at radius 1 is 0.939 bits per heavy atom. The first kappa shape index (κ1) is 23.7. The van der Waals surface area contributed by atoms with Crippen LogP contribution in [0, 0.1) is 18.6 Å². The number of carbonyl (C=O) groups excluding carboxylic acids is 2. The summed E-state index contributed by atoms with van der Waals surface area (Å²) in [6, 6.07) is 11.4. The number of carboxylic acid groups (broad SMARTS) is 1. The molecule has 170 valence electrons. The van der Waals surface area contributed by atoms with Gasteiger partial charge in [-0.2, -0.15) is 0 Å². The first-order valence-corrected chi connectivity index (χ1v) is 9.95. The predicted molar refractivity (Wildman–Crippen MR) is 120 cm³/mol. The number of benzene rings is 3. The van der Waals surface area contributed by atoms with Crippen molar-refractivity contribution in [2.75, 3.05) is 17.2 Å². The molecule has 0 aliphatic rings. The first-order chi connectivity index (χ1) is 15.6. The summed E-state index contributed by atoms with van der Waals surface area (Å²) >= 11 is 6.30. The zero-order valence-corrected chi connectivity index (χ0v) is 18.0. The lowest BCUT2D eigenvalue weighted by molar-refractivity contribution is -0.135. The molecule has 0 saturated carbocycles. The fourth-order valence-corrected chi connectivity index (χ4v) is 3.21. The van der Waals surface area contributed by atoms with Crippen LogP contribution in [0.4, 0.5) is 30.6 Å². The van der Waals surface area contributed by atoms with Crippen LogP contribution in [0.15, 0.2) is 54.6 Å². The van der Waals surface area contributed by atoms with Gasteiger partial charge in [0.25, 0.3) is 0 Å². The maximum absolute atomic E-state index is 13.9. The summed E-state index contributed by atoms with van der Waals surface area (Å²) in [5, 5.41) is 16.1. The Bertz CT molecular complexity index is 1250. The third-order valence-electron chi connectivity index (χ3n) is 4.56. The maximum atomic E-state index is 13.9. The van der Waals surface area contributed by atoms with E-state index in [1.54, 1.807) is 19.1 Å². The Balaban J connectivity index is 1.80. The van der Waals surface area contributed by atoms with Gasteiger partial charge in [-0.05, 0) is 55.0 Å². The largest absolute Gasteiger partial charge is 0.480 e. The van der Waals surface area contributed by atoms with Gasteiger partial charge in [-0.25, -0.2) is 13.6 Å². The molecular formula is C23H18ClF2N3O4. The molecule has 10 heteroatoms. The van der Waals surface area contributed by atoms with E-state index in [1.807, 2.05) is 0 Å². The van der Waals surface area contributed by atoms with Crippen LogP contribution in [0.1, 0.15) is 21.5 Å². The van der Waals surface area contributed by atoms with Crippen molar-refractivity contribution in [3.63, 3.8) is 0 Å². The number of urea groups is 1. The van der Waals surface area contributed by atoms with E-state index in [0.29, 0.717) is 11.3 Å². The van der Waals surface area contributed by atoms with Gasteiger partial charge in [0.15, 0.2) is 5.78 Å². The third-order valence-corrected chi connectivity index (χ3v) is 4.88. The van der Waals surface area contributed by atoms with Crippen molar-refractivity contribution in [2.24, 2.45) is 0 Å². The Kier molecular flexibility index (Phi) is 7.24. The summed E-state index contributed by atoms with van der Waals surface area (Å²) < 4.78 is 27.0. The minimum Gasteiger partial charge on any atom is -0.480 e. The molecule has 0 radical (unpaired) electrons. The molecule has 0 aliphatic carbocycles. The second-order valence-corrected chi connectivity index (χ2v) is 7.41. The Labute approximate surface area is 192 Å². The van der Waals surface area contributed by atoms with Gasteiger partial charge >= 0.3 is 12.0 Å². The molecule has 2 amide bonds. The molecule has 3 aromatic rings. The van der Waals surface area contributed by atoms with E-state index in [0.717, 1.165) is 12.1 Å². The van der Waals surface area contributed by atoms with Gasteiger partial charge in [0, 0.05) is 28.6 Å². The fourth-order valence-electron chi connectivity index (χ4n) is 2.94. The van der Waals surface area contributed by atoms with Crippen molar-refractivity contribution in [1.82, 2.24) is 5.32 Å². The quantitative estimate of drug-likeness (QED) is 0.357. The summed E-state index contributed by atoms with van der Waals surface area (Å²) in [4.78, 5) is 35.4. The van der Waals surface area contributed by atoms with Crippen LogP contribution in [0.25, 0.3) is 0 Å². The summed E-state index contributed by atoms with van der Waals surface area (Å²) in [7, 11) is 0. The van der Waals surface area contributed by atoms with Crippen LogP contribution in [-0.4, -0.2) is 29.4 Å². The average Bonchev–Trinajstić information content (AvgIpc) is 2.75. The molecule has 3 rings (SSSR count). The fraction of sp³-hybridized carbons (Fsp3) is 0.0870. The number of ketones is 1. The number of hydrogen-bond donors (Lipinski definition) is 4. The van der Waals surface area contributed by atoms with Gasteiger partial charge in [-0.3, -0.25) is 9.59 Å². The summed E-state index contributed by atoms with van der Waals surface area (Å²) in [6.07, 6.45) is 0. The van der Waals surface area contributed by atoms with Crippen LogP contribution < -0.4 is 16.0 Å². The van der Waals surface area contributed by atoms with Crippen LogP contribution in [-0.2, 0) is 4.79 Å². The highest BCUT2D eigenvalue weighted by Crippen LogP contribution is 2.28. The van der Waals surface area contributed by atoms with Crippen LogP contribution in [0.5, 0.6) is 0 Å². The number of halogens is 3. The molecule has 4 N–H and O–H groups in total. The molecule has 0 atom stereocenters. The Morgan fingerprint density at radius 2 is 1.67 bits per heavy atom. The zero-order valence-electron chi connectivity index (χ0n) is 17.2. The molecule has 0 aliphatic heterocycles. The molecule has 33 heavy (non-hydrogen) atoms. The number of anilines is 3. The number of rotatable bonds is 7. The first-order valence-electron chi connectivity index (χ1n) is 9.57. The average molecular weight is 474 g/mol. The maximum Gasteiger partial charge on any atom is 0.323 e. The van der Waals surface area contributed by atoms with Crippen molar-refractivity contribution in [3.05, 3.63) is 87.9 Å². The van der Waals surface area contributed by atoms with Crippen LogP contribution >= 0.6 is 11.6 Å². The lowest BCUT2D eigenvalue weighted by Gasteiger charge is -2.12. The van der Waals surface area contributed by atoms with Gasteiger partial charge in [-0.1, -0.05) is 17.7 Å². The Morgan fingerprint density at radius 3 is 2.33 bits per heavy atom. The molecule has 0 bridgehead atoms. The number of carboxylic acids is 1.